The highest BCUT2D eigenvalue weighted by Crippen LogP contribution is 2.43. The van der Waals surface area contributed by atoms with Crippen LogP contribution in [0.5, 0.6) is 0 Å². The van der Waals surface area contributed by atoms with Crippen molar-refractivity contribution in [3.63, 3.8) is 0 Å². The molecule has 84 valence electrons. The van der Waals surface area contributed by atoms with E-state index in [0.717, 1.165) is 17.9 Å². The molecule has 0 heterocycles. The zero-order valence-electron chi connectivity index (χ0n) is 10.6. The fourth-order valence-corrected chi connectivity index (χ4v) is 3.00. The first kappa shape index (κ1) is 12.0. The van der Waals surface area contributed by atoms with Gasteiger partial charge in [-0.15, -0.1) is 0 Å². The van der Waals surface area contributed by atoms with E-state index in [1.54, 1.807) is 0 Å². The third kappa shape index (κ3) is 2.73. The molecular formula is C13H27N. The van der Waals surface area contributed by atoms with Crippen LogP contribution in [0.1, 0.15) is 53.9 Å². The molecule has 1 fully saturated rings. The minimum absolute atomic E-state index is 0.488. The van der Waals surface area contributed by atoms with E-state index in [1.807, 2.05) is 0 Å². The maximum atomic E-state index is 3.68. The van der Waals surface area contributed by atoms with Crippen LogP contribution in [0.2, 0.25) is 0 Å². The van der Waals surface area contributed by atoms with Crippen molar-refractivity contribution in [3.8, 4) is 0 Å². The summed E-state index contributed by atoms with van der Waals surface area (Å²) in [5.41, 5.74) is 0.488. The van der Waals surface area contributed by atoms with Gasteiger partial charge in [0.15, 0.2) is 0 Å². The molecule has 1 heteroatoms. The Hall–Kier alpha value is -0.0400. The Morgan fingerprint density at radius 1 is 1.21 bits per heavy atom. The molecule has 1 saturated carbocycles. The van der Waals surface area contributed by atoms with Crippen LogP contribution in [-0.4, -0.2) is 12.6 Å². The zero-order chi connectivity index (χ0) is 10.8. The van der Waals surface area contributed by atoms with Crippen LogP contribution in [0, 0.1) is 17.3 Å². The van der Waals surface area contributed by atoms with Crippen molar-refractivity contribution < 1.29 is 0 Å². The molecule has 14 heavy (non-hydrogen) atoms. The Kier molecular flexibility index (Phi) is 4.00. The van der Waals surface area contributed by atoms with Crippen molar-refractivity contribution in [1.82, 2.24) is 5.32 Å². The van der Waals surface area contributed by atoms with E-state index >= 15 is 0 Å². The van der Waals surface area contributed by atoms with E-state index < -0.39 is 0 Å². The van der Waals surface area contributed by atoms with E-state index in [4.69, 9.17) is 0 Å². The second-order valence-corrected chi connectivity index (χ2v) is 5.97. The highest BCUT2D eigenvalue weighted by molar-refractivity contribution is 4.91. The largest absolute Gasteiger partial charge is 0.314 e. The first-order chi connectivity index (χ1) is 6.46. The average molecular weight is 197 g/mol. The van der Waals surface area contributed by atoms with Crippen LogP contribution in [0.25, 0.3) is 0 Å². The molecule has 1 N–H and O–H groups in total. The van der Waals surface area contributed by atoms with Crippen molar-refractivity contribution in [3.05, 3.63) is 0 Å². The van der Waals surface area contributed by atoms with Crippen LogP contribution in [0.3, 0.4) is 0 Å². The summed E-state index contributed by atoms with van der Waals surface area (Å²) < 4.78 is 0. The van der Waals surface area contributed by atoms with Crippen molar-refractivity contribution in [2.45, 2.75) is 59.9 Å². The van der Waals surface area contributed by atoms with Crippen molar-refractivity contribution in [2.75, 3.05) is 6.54 Å². The van der Waals surface area contributed by atoms with E-state index in [2.05, 4.69) is 39.9 Å². The van der Waals surface area contributed by atoms with E-state index in [-0.39, 0.29) is 0 Å². The minimum Gasteiger partial charge on any atom is -0.314 e. The molecule has 3 atom stereocenters. The number of hydrogen-bond donors (Lipinski definition) is 1. The van der Waals surface area contributed by atoms with Crippen LogP contribution in [-0.2, 0) is 0 Å². The molecular weight excluding hydrogens is 170 g/mol. The van der Waals surface area contributed by atoms with Gasteiger partial charge in [-0.3, -0.25) is 0 Å². The summed E-state index contributed by atoms with van der Waals surface area (Å²) >= 11 is 0. The van der Waals surface area contributed by atoms with E-state index in [0.29, 0.717) is 5.41 Å². The van der Waals surface area contributed by atoms with Gasteiger partial charge >= 0.3 is 0 Å². The summed E-state index contributed by atoms with van der Waals surface area (Å²) in [6.07, 6.45) is 4.04. The molecule has 0 aromatic rings. The van der Waals surface area contributed by atoms with Crippen LogP contribution in [0.4, 0.5) is 0 Å². The Morgan fingerprint density at radius 2 is 1.86 bits per heavy atom. The Balaban J connectivity index is 2.47. The summed E-state index contributed by atoms with van der Waals surface area (Å²) in [6, 6.07) is 0.777. The predicted octanol–water partition coefficient (Wildman–Crippen LogP) is 3.45. The Morgan fingerprint density at radius 3 is 2.29 bits per heavy atom. The number of hydrogen-bond acceptors (Lipinski definition) is 1. The van der Waals surface area contributed by atoms with Crippen LogP contribution < -0.4 is 5.32 Å². The van der Waals surface area contributed by atoms with Gasteiger partial charge in [-0.2, -0.15) is 0 Å². The summed E-state index contributed by atoms with van der Waals surface area (Å²) in [5, 5.41) is 3.68. The summed E-state index contributed by atoms with van der Waals surface area (Å²) in [5.74, 6) is 1.75. The lowest BCUT2D eigenvalue weighted by molar-refractivity contribution is 0.184. The fraction of sp³-hybridized carbons (Fsp3) is 1.00. The molecule has 1 aliphatic rings. The van der Waals surface area contributed by atoms with Crippen LogP contribution >= 0.6 is 0 Å². The van der Waals surface area contributed by atoms with Crippen molar-refractivity contribution in [2.24, 2.45) is 17.3 Å². The molecule has 0 radical (unpaired) electrons. The topological polar surface area (TPSA) is 12.0 Å². The molecule has 0 bridgehead atoms. The van der Waals surface area contributed by atoms with Gasteiger partial charge in [0, 0.05) is 6.04 Å². The predicted molar refractivity (Wildman–Crippen MR) is 63.4 cm³/mol. The smallest absolute Gasteiger partial charge is 0.00956 e. The molecule has 0 spiro atoms. The molecule has 0 amide bonds. The normalized spacial score (nSPS) is 33.6. The second-order valence-electron chi connectivity index (χ2n) is 5.97. The molecule has 0 saturated heterocycles. The molecule has 3 unspecified atom stereocenters. The third-order valence-corrected chi connectivity index (χ3v) is 3.83. The average Bonchev–Trinajstić information content (AvgIpc) is 2.42. The van der Waals surface area contributed by atoms with Gasteiger partial charge in [0.2, 0.25) is 0 Å². The first-order valence-electron chi connectivity index (χ1n) is 6.20. The molecule has 1 nitrogen and oxygen atoms in total. The molecule has 1 rings (SSSR count). The highest BCUT2D eigenvalue weighted by atomic mass is 14.9. The lowest BCUT2D eigenvalue weighted by Crippen LogP contribution is -2.35. The standard InChI is InChI=1S/C13H27N/c1-6-9-14-12-8-7-11(10(12)2)13(3,4)5/h10-12,14H,6-9H2,1-5H3. The summed E-state index contributed by atoms with van der Waals surface area (Å²) in [4.78, 5) is 0. The van der Waals surface area contributed by atoms with Crippen molar-refractivity contribution >= 4 is 0 Å². The van der Waals surface area contributed by atoms with Gasteiger partial charge in [-0.25, -0.2) is 0 Å². The summed E-state index contributed by atoms with van der Waals surface area (Å²) in [7, 11) is 0. The maximum absolute atomic E-state index is 3.68. The monoisotopic (exact) mass is 197 g/mol. The highest BCUT2D eigenvalue weighted by Gasteiger charge is 2.38. The van der Waals surface area contributed by atoms with Gasteiger partial charge in [0.05, 0.1) is 0 Å². The van der Waals surface area contributed by atoms with Gasteiger partial charge in [-0.05, 0) is 43.1 Å². The van der Waals surface area contributed by atoms with Gasteiger partial charge < -0.3 is 5.32 Å². The zero-order valence-corrected chi connectivity index (χ0v) is 10.6. The lowest BCUT2D eigenvalue weighted by Gasteiger charge is -2.32. The quantitative estimate of drug-likeness (QED) is 0.731. The minimum atomic E-state index is 0.488. The second kappa shape index (κ2) is 4.65. The molecule has 1 aliphatic carbocycles. The first-order valence-corrected chi connectivity index (χ1v) is 6.20. The summed E-state index contributed by atoms with van der Waals surface area (Å²) in [6.45, 7) is 13.0. The maximum Gasteiger partial charge on any atom is 0.00956 e. The van der Waals surface area contributed by atoms with E-state index in [1.165, 1.54) is 25.8 Å². The Labute approximate surface area is 89.7 Å². The molecule has 0 aromatic heterocycles. The van der Waals surface area contributed by atoms with E-state index in [9.17, 15) is 0 Å². The SMILES string of the molecule is CCCNC1CCC(C(C)(C)C)C1C. The van der Waals surface area contributed by atoms with Crippen molar-refractivity contribution in [1.29, 1.82) is 0 Å². The fourth-order valence-electron chi connectivity index (χ4n) is 3.00. The Bertz CT molecular complexity index is 169. The third-order valence-electron chi connectivity index (χ3n) is 3.83. The lowest BCUT2D eigenvalue weighted by atomic mass is 9.75. The molecule has 0 aliphatic heterocycles. The van der Waals surface area contributed by atoms with Gasteiger partial charge in [-0.1, -0.05) is 34.6 Å². The number of nitrogens with one attached hydrogen (secondary N) is 1. The number of rotatable bonds is 3. The van der Waals surface area contributed by atoms with Gasteiger partial charge in [0.1, 0.15) is 0 Å². The van der Waals surface area contributed by atoms with Gasteiger partial charge in [0.25, 0.3) is 0 Å². The molecule has 0 aromatic carbocycles. The van der Waals surface area contributed by atoms with Crippen LogP contribution in [0.15, 0.2) is 0 Å².